The van der Waals surface area contributed by atoms with Gasteiger partial charge in [-0.1, -0.05) is 12.1 Å². The maximum atomic E-state index is 5.92. The molecule has 0 atom stereocenters. The first-order valence-electron chi connectivity index (χ1n) is 9.99. The van der Waals surface area contributed by atoms with Gasteiger partial charge in [0.25, 0.3) is 0 Å². The Labute approximate surface area is 179 Å². The third kappa shape index (κ3) is 3.11. The van der Waals surface area contributed by atoms with Crippen molar-refractivity contribution in [2.45, 2.75) is 51.8 Å². The van der Waals surface area contributed by atoms with Gasteiger partial charge in [0.15, 0.2) is 23.0 Å². The smallest absolute Gasteiger partial charge is 0.189 e. The third-order valence-electron chi connectivity index (χ3n) is 5.43. The van der Waals surface area contributed by atoms with Crippen LogP contribution < -0.4 is 14.8 Å². The second kappa shape index (κ2) is 6.65. The van der Waals surface area contributed by atoms with E-state index in [0.29, 0.717) is 17.3 Å². The number of nitrogens with one attached hydrogen (secondary N) is 1. The van der Waals surface area contributed by atoms with Crippen LogP contribution in [0, 0.1) is 0 Å². The Hall–Kier alpha value is -2.71. The van der Waals surface area contributed by atoms with Crippen molar-refractivity contribution in [3.05, 3.63) is 46.9 Å². The van der Waals surface area contributed by atoms with E-state index in [-0.39, 0.29) is 17.7 Å². The summed E-state index contributed by atoms with van der Waals surface area (Å²) < 4.78 is 13.0. The molecule has 1 aromatic carbocycles. The predicted octanol–water partition coefficient (Wildman–Crippen LogP) is 4.09. The average molecular weight is 424 g/mol. The van der Waals surface area contributed by atoms with Crippen LogP contribution in [0.1, 0.15) is 44.0 Å². The highest BCUT2D eigenvalue weighted by Gasteiger charge is 2.39. The number of fused-ring (bicyclic) bond motifs is 5. The first-order valence-corrected chi connectivity index (χ1v) is 10.8. The van der Waals surface area contributed by atoms with Gasteiger partial charge in [0.1, 0.15) is 17.8 Å². The molecule has 5 rings (SSSR count). The number of para-hydroxylation sites is 2. The molecule has 4 heterocycles. The third-order valence-corrected chi connectivity index (χ3v) is 6.90. The van der Waals surface area contributed by atoms with Gasteiger partial charge in [0, 0.05) is 16.0 Å². The van der Waals surface area contributed by atoms with Crippen LogP contribution in [0.4, 0.5) is 0 Å². The lowest BCUT2D eigenvalue weighted by atomic mass is 9.82. The van der Waals surface area contributed by atoms with Crippen molar-refractivity contribution in [3.63, 3.8) is 0 Å². The summed E-state index contributed by atoms with van der Waals surface area (Å²) in [5.74, 6) is 1.97. The van der Waals surface area contributed by atoms with Crippen LogP contribution in [0.2, 0.25) is 0 Å². The van der Waals surface area contributed by atoms with Crippen molar-refractivity contribution in [1.29, 1.82) is 0 Å². The Morgan fingerprint density at radius 1 is 1.17 bits per heavy atom. The highest BCUT2D eigenvalue weighted by Crippen LogP contribution is 2.44. The Morgan fingerprint density at radius 3 is 2.70 bits per heavy atom. The summed E-state index contributed by atoms with van der Waals surface area (Å²) in [4.78, 5) is 11.8. The van der Waals surface area contributed by atoms with Gasteiger partial charge >= 0.3 is 0 Å². The summed E-state index contributed by atoms with van der Waals surface area (Å²) in [5.41, 5.74) is 2.04. The van der Waals surface area contributed by atoms with Crippen molar-refractivity contribution in [2.75, 3.05) is 7.11 Å². The first kappa shape index (κ1) is 19.3. The van der Waals surface area contributed by atoms with Gasteiger partial charge in [-0.05, 0) is 51.8 Å². The van der Waals surface area contributed by atoms with E-state index in [9.17, 15) is 0 Å². The van der Waals surface area contributed by atoms with E-state index in [1.54, 1.807) is 29.3 Å². The number of methoxy groups -OCH3 is 1. The normalized spacial score (nSPS) is 17.2. The summed E-state index contributed by atoms with van der Waals surface area (Å²) in [6.45, 7) is 9.20. The zero-order valence-electron chi connectivity index (χ0n) is 17.8. The molecule has 0 saturated carbocycles. The Bertz CT molecular complexity index is 1260. The lowest BCUT2D eigenvalue weighted by Crippen LogP contribution is -2.54. The molecule has 4 aromatic rings. The highest BCUT2D eigenvalue weighted by molar-refractivity contribution is 7.19. The molecule has 30 heavy (non-hydrogen) atoms. The largest absolute Gasteiger partial charge is 0.493 e. The van der Waals surface area contributed by atoms with Crippen LogP contribution in [-0.2, 0) is 18.6 Å². The summed E-state index contributed by atoms with van der Waals surface area (Å²) in [6.07, 6.45) is 2.66. The van der Waals surface area contributed by atoms with E-state index >= 15 is 0 Å². The van der Waals surface area contributed by atoms with Crippen molar-refractivity contribution < 1.29 is 9.47 Å². The minimum atomic E-state index is -0.116. The zero-order chi connectivity index (χ0) is 21.1. The zero-order valence-corrected chi connectivity index (χ0v) is 18.6. The van der Waals surface area contributed by atoms with Gasteiger partial charge in [-0.25, -0.2) is 14.5 Å². The summed E-state index contributed by atoms with van der Waals surface area (Å²) >= 11 is 1.74. The molecule has 0 saturated heterocycles. The fourth-order valence-corrected chi connectivity index (χ4v) is 5.72. The van der Waals surface area contributed by atoms with Crippen LogP contribution in [0.15, 0.2) is 30.6 Å². The number of rotatable bonds is 4. The monoisotopic (exact) mass is 423 g/mol. The van der Waals surface area contributed by atoms with Gasteiger partial charge in [-0.3, -0.25) is 0 Å². The fourth-order valence-electron chi connectivity index (χ4n) is 4.50. The van der Waals surface area contributed by atoms with E-state index < -0.39 is 0 Å². The van der Waals surface area contributed by atoms with Crippen LogP contribution in [0.3, 0.4) is 0 Å². The summed E-state index contributed by atoms with van der Waals surface area (Å²) in [7, 11) is 1.63. The molecule has 156 valence electrons. The van der Waals surface area contributed by atoms with E-state index in [0.717, 1.165) is 22.3 Å². The Kier molecular flexibility index (Phi) is 4.27. The molecular weight excluding hydrogens is 398 g/mol. The molecule has 0 aliphatic carbocycles. The molecule has 1 aliphatic rings. The molecule has 0 radical (unpaired) electrons. The number of benzene rings is 1. The van der Waals surface area contributed by atoms with Gasteiger partial charge in [0.05, 0.1) is 12.5 Å². The second-order valence-electron chi connectivity index (χ2n) is 8.88. The lowest BCUT2D eigenvalue weighted by molar-refractivity contribution is 0.248. The van der Waals surface area contributed by atoms with Crippen LogP contribution >= 0.6 is 11.3 Å². The van der Waals surface area contributed by atoms with E-state index in [2.05, 4.69) is 43.1 Å². The number of aromatic nitrogens is 4. The lowest BCUT2D eigenvalue weighted by Gasteiger charge is -2.42. The van der Waals surface area contributed by atoms with Crippen LogP contribution in [0.25, 0.3) is 15.9 Å². The maximum Gasteiger partial charge on any atom is 0.189 e. The summed E-state index contributed by atoms with van der Waals surface area (Å²) in [6, 6.07) is 7.57. The quantitative estimate of drug-likeness (QED) is 0.533. The molecule has 7 nitrogen and oxygen atoms in total. The molecule has 0 unspecified atom stereocenters. The number of thiophene rings is 1. The number of hydrogen-bond donors (Lipinski definition) is 1. The van der Waals surface area contributed by atoms with Crippen molar-refractivity contribution in [1.82, 2.24) is 24.9 Å². The Balaban J connectivity index is 1.57. The van der Waals surface area contributed by atoms with Crippen molar-refractivity contribution in [3.8, 4) is 11.5 Å². The molecule has 8 heteroatoms. The van der Waals surface area contributed by atoms with E-state index in [4.69, 9.17) is 14.5 Å². The predicted molar refractivity (Wildman–Crippen MR) is 117 cm³/mol. The van der Waals surface area contributed by atoms with Gasteiger partial charge in [-0.15, -0.1) is 16.4 Å². The molecular formula is C22H25N5O2S. The van der Waals surface area contributed by atoms with Gasteiger partial charge in [0.2, 0.25) is 0 Å². The van der Waals surface area contributed by atoms with Crippen molar-refractivity contribution >= 4 is 27.2 Å². The second-order valence-corrected chi connectivity index (χ2v) is 9.88. The van der Waals surface area contributed by atoms with Crippen LogP contribution in [0.5, 0.6) is 11.5 Å². The molecule has 0 amide bonds. The Morgan fingerprint density at radius 2 is 1.93 bits per heavy atom. The van der Waals surface area contributed by atoms with E-state index in [1.165, 1.54) is 10.4 Å². The number of ether oxygens (including phenoxy) is 2. The number of hydrogen-bond acceptors (Lipinski definition) is 7. The average Bonchev–Trinajstić information content (AvgIpc) is 3.26. The fraction of sp³-hybridized carbons (Fsp3) is 0.409. The van der Waals surface area contributed by atoms with E-state index in [1.807, 2.05) is 24.3 Å². The van der Waals surface area contributed by atoms with Crippen molar-refractivity contribution in [2.24, 2.45) is 0 Å². The SMILES string of the molecule is COc1ccccc1OCc1nc2c3c4c(sc3ncn2n1)C(C)(C)NC(C)(C)C4. The molecule has 0 fully saturated rings. The molecule has 0 bridgehead atoms. The minimum Gasteiger partial charge on any atom is -0.493 e. The van der Waals surface area contributed by atoms with Gasteiger partial charge < -0.3 is 14.8 Å². The maximum absolute atomic E-state index is 5.92. The molecule has 0 spiro atoms. The molecule has 1 N–H and O–H groups in total. The van der Waals surface area contributed by atoms with Crippen LogP contribution in [-0.4, -0.2) is 32.2 Å². The first-order chi connectivity index (χ1) is 14.3. The highest BCUT2D eigenvalue weighted by atomic mass is 32.1. The minimum absolute atomic E-state index is 0.00679. The molecule has 1 aliphatic heterocycles. The van der Waals surface area contributed by atoms with Gasteiger partial charge in [-0.2, -0.15) is 0 Å². The molecule has 3 aromatic heterocycles. The summed E-state index contributed by atoms with van der Waals surface area (Å²) in [5, 5.41) is 9.47. The number of nitrogens with zero attached hydrogens (tertiary/aromatic N) is 4. The standard InChI is InChI=1S/C22H25N5O2S/c1-21(2)10-13-17-19-24-16(11-29-15-9-7-6-8-14(15)28-5)25-27(19)12-23-20(17)30-18(13)22(3,4)26-21/h6-9,12,26H,10-11H2,1-5H3. The topological polar surface area (TPSA) is 73.6 Å².